The Bertz CT molecular complexity index is 295. The van der Waals surface area contributed by atoms with Crippen LogP contribution < -0.4 is 15.8 Å². The van der Waals surface area contributed by atoms with E-state index < -0.39 is 0 Å². The van der Waals surface area contributed by atoms with Gasteiger partial charge in [-0.05, 0) is 23.6 Å². The lowest BCUT2D eigenvalue weighted by molar-refractivity contribution is 0.414. The van der Waals surface area contributed by atoms with Crippen molar-refractivity contribution >= 4 is 0 Å². The smallest absolute Gasteiger partial charge is 0.118 e. The lowest BCUT2D eigenvalue weighted by atomic mass is 10.1. The fraction of sp³-hybridized carbons (Fsp3) is 0.538. The molecule has 0 aliphatic rings. The predicted molar refractivity (Wildman–Crippen MR) is 67.5 cm³/mol. The fourth-order valence-corrected chi connectivity index (χ4v) is 1.36. The minimum atomic E-state index is 0.221. The number of nitrogens with two attached hydrogens (primary N) is 1. The Balaban J connectivity index is 2.31. The van der Waals surface area contributed by atoms with E-state index in [9.17, 15) is 0 Å². The maximum absolute atomic E-state index is 5.94. The molecule has 1 atom stereocenters. The van der Waals surface area contributed by atoms with E-state index in [4.69, 9.17) is 10.5 Å². The summed E-state index contributed by atoms with van der Waals surface area (Å²) in [5, 5.41) is 3.35. The van der Waals surface area contributed by atoms with Crippen LogP contribution in [0.2, 0.25) is 0 Å². The molecule has 1 aromatic rings. The van der Waals surface area contributed by atoms with Gasteiger partial charge in [0.25, 0.3) is 0 Å². The Hall–Kier alpha value is -1.06. The van der Waals surface area contributed by atoms with Gasteiger partial charge in [0.15, 0.2) is 0 Å². The highest BCUT2D eigenvalue weighted by molar-refractivity contribution is 5.26. The van der Waals surface area contributed by atoms with Crippen molar-refractivity contribution < 1.29 is 4.74 Å². The molecule has 0 saturated carbocycles. The average molecular weight is 222 g/mol. The van der Waals surface area contributed by atoms with Crippen LogP contribution in [0.25, 0.3) is 0 Å². The zero-order chi connectivity index (χ0) is 12.0. The summed E-state index contributed by atoms with van der Waals surface area (Å²) in [6.45, 7) is 5.98. The van der Waals surface area contributed by atoms with Crippen molar-refractivity contribution in [2.45, 2.75) is 26.4 Å². The molecular weight excluding hydrogens is 200 g/mol. The fourth-order valence-electron chi connectivity index (χ4n) is 1.36. The van der Waals surface area contributed by atoms with Crippen LogP contribution in [0.5, 0.6) is 5.75 Å². The first-order valence-corrected chi connectivity index (χ1v) is 5.72. The highest BCUT2D eigenvalue weighted by Gasteiger charge is 2.06. The van der Waals surface area contributed by atoms with Gasteiger partial charge in [0.05, 0.1) is 7.11 Å². The SMILES string of the molecule is COc1ccc(CNCC(N)C(C)C)cc1. The lowest BCUT2D eigenvalue weighted by Crippen LogP contribution is -2.37. The molecule has 0 aliphatic carbocycles. The number of hydrogen-bond donors (Lipinski definition) is 2. The molecular formula is C13H22N2O. The molecule has 0 heterocycles. The largest absolute Gasteiger partial charge is 0.497 e. The van der Waals surface area contributed by atoms with E-state index >= 15 is 0 Å². The molecule has 3 nitrogen and oxygen atoms in total. The number of rotatable bonds is 6. The summed E-state index contributed by atoms with van der Waals surface area (Å²) in [6.07, 6.45) is 0. The van der Waals surface area contributed by atoms with Crippen LogP contribution in [-0.2, 0) is 6.54 Å². The minimum absolute atomic E-state index is 0.221. The topological polar surface area (TPSA) is 47.3 Å². The first kappa shape index (κ1) is 13.0. The third-order valence-corrected chi connectivity index (χ3v) is 2.72. The third-order valence-electron chi connectivity index (χ3n) is 2.72. The molecule has 3 N–H and O–H groups in total. The molecule has 1 unspecified atom stereocenters. The average Bonchev–Trinajstić information content (AvgIpc) is 2.29. The summed E-state index contributed by atoms with van der Waals surface area (Å²) in [5.41, 5.74) is 7.19. The number of ether oxygens (including phenoxy) is 1. The molecule has 0 radical (unpaired) electrons. The van der Waals surface area contributed by atoms with Gasteiger partial charge in [-0.3, -0.25) is 0 Å². The van der Waals surface area contributed by atoms with Crippen molar-refractivity contribution in [2.75, 3.05) is 13.7 Å². The number of methoxy groups -OCH3 is 1. The van der Waals surface area contributed by atoms with Gasteiger partial charge in [0, 0.05) is 19.1 Å². The maximum Gasteiger partial charge on any atom is 0.118 e. The highest BCUT2D eigenvalue weighted by Crippen LogP contribution is 2.10. The van der Waals surface area contributed by atoms with Gasteiger partial charge in [0.2, 0.25) is 0 Å². The number of hydrogen-bond acceptors (Lipinski definition) is 3. The minimum Gasteiger partial charge on any atom is -0.497 e. The first-order chi connectivity index (χ1) is 7.63. The predicted octanol–water partition coefficient (Wildman–Crippen LogP) is 1.77. The van der Waals surface area contributed by atoms with Crippen molar-refractivity contribution in [2.24, 2.45) is 11.7 Å². The van der Waals surface area contributed by atoms with E-state index in [0.29, 0.717) is 5.92 Å². The van der Waals surface area contributed by atoms with Gasteiger partial charge in [-0.1, -0.05) is 26.0 Å². The van der Waals surface area contributed by atoms with Crippen LogP contribution in [0.4, 0.5) is 0 Å². The van der Waals surface area contributed by atoms with Gasteiger partial charge >= 0.3 is 0 Å². The Kier molecular flexibility index (Phi) is 5.29. The Labute approximate surface area is 98.0 Å². The van der Waals surface area contributed by atoms with Crippen LogP contribution in [0, 0.1) is 5.92 Å². The van der Waals surface area contributed by atoms with E-state index in [-0.39, 0.29) is 6.04 Å². The van der Waals surface area contributed by atoms with E-state index in [0.717, 1.165) is 18.8 Å². The summed E-state index contributed by atoms with van der Waals surface area (Å²) in [7, 11) is 1.68. The standard InChI is InChI=1S/C13H22N2O/c1-10(2)13(14)9-15-8-11-4-6-12(16-3)7-5-11/h4-7,10,13,15H,8-9,14H2,1-3H3. The molecule has 0 saturated heterocycles. The van der Waals surface area contributed by atoms with Crippen LogP contribution in [0.1, 0.15) is 19.4 Å². The van der Waals surface area contributed by atoms with E-state index in [1.807, 2.05) is 12.1 Å². The van der Waals surface area contributed by atoms with Crippen LogP contribution in [-0.4, -0.2) is 19.7 Å². The van der Waals surface area contributed by atoms with Crippen molar-refractivity contribution in [3.8, 4) is 5.75 Å². The summed E-state index contributed by atoms with van der Waals surface area (Å²) >= 11 is 0. The maximum atomic E-state index is 5.94. The molecule has 16 heavy (non-hydrogen) atoms. The van der Waals surface area contributed by atoms with Crippen LogP contribution in [0.3, 0.4) is 0 Å². The van der Waals surface area contributed by atoms with Gasteiger partial charge in [-0.25, -0.2) is 0 Å². The highest BCUT2D eigenvalue weighted by atomic mass is 16.5. The number of nitrogens with one attached hydrogen (secondary N) is 1. The zero-order valence-electron chi connectivity index (χ0n) is 10.4. The van der Waals surface area contributed by atoms with Gasteiger partial charge in [0.1, 0.15) is 5.75 Å². The van der Waals surface area contributed by atoms with E-state index in [1.54, 1.807) is 7.11 Å². The van der Waals surface area contributed by atoms with Crippen LogP contribution in [0.15, 0.2) is 24.3 Å². The van der Waals surface area contributed by atoms with E-state index in [2.05, 4.69) is 31.3 Å². The van der Waals surface area contributed by atoms with E-state index in [1.165, 1.54) is 5.56 Å². The summed E-state index contributed by atoms with van der Waals surface area (Å²) < 4.78 is 5.10. The lowest BCUT2D eigenvalue weighted by Gasteiger charge is -2.16. The molecule has 1 rings (SSSR count). The Morgan fingerprint density at radius 2 is 1.88 bits per heavy atom. The molecule has 1 aromatic carbocycles. The molecule has 90 valence electrons. The normalized spacial score (nSPS) is 12.8. The van der Waals surface area contributed by atoms with Crippen LogP contribution >= 0.6 is 0 Å². The Morgan fingerprint density at radius 3 is 2.38 bits per heavy atom. The third kappa shape index (κ3) is 4.21. The second kappa shape index (κ2) is 6.51. The molecule has 3 heteroatoms. The van der Waals surface area contributed by atoms with Crippen molar-refractivity contribution in [1.29, 1.82) is 0 Å². The molecule has 0 spiro atoms. The van der Waals surface area contributed by atoms with Gasteiger partial charge < -0.3 is 15.8 Å². The second-order valence-corrected chi connectivity index (χ2v) is 4.39. The quantitative estimate of drug-likeness (QED) is 0.771. The Morgan fingerprint density at radius 1 is 1.25 bits per heavy atom. The van der Waals surface area contributed by atoms with Gasteiger partial charge in [-0.2, -0.15) is 0 Å². The van der Waals surface area contributed by atoms with Gasteiger partial charge in [-0.15, -0.1) is 0 Å². The summed E-state index contributed by atoms with van der Waals surface area (Å²) in [6, 6.07) is 8.29. The molecule has 0 aliphatic heterocycles. The van der Waals surface area contributed by atoms with Crippen molar-refractivity contribution in [3.63, 3.8) is 0 Å². The molecule has 0 aromatic heterocycles. The summed E-state index contributed by atoms with van der Waals surface area (Å²) in [5.74, 6) is 1.41. The van der Waals surface area contributed by atoms with Crippen molar-refractivity contribution in [1.82, 2.24) is 5.32 Å². The monoisotopic (exact) mass is 222 g/mol. The summed E-state index contributed by atoms with van der Waals surface area (Å²) in [4.78, 5) is 0. The molecule has 0 amide bonds. The zero-order valence-corrected chi connectivity index (χ0v) is 10.4. The molecule has 0 bridgehead atoms. The van der Waals surface area contributed by atoms with Crippen molar-refractivity contribution in [3.05, 3.63) is 29.8 Å². The number of benzene rings is 1. The first-order valence-electron chi connectivity index (χ1n) is 5.72. The molecule has 0 fully saturated rings. The second-order valence-electron chi connectivity index (χ2n) is 4.39.